The maximum atomic E-state index is 10.4. The Hall–Kier alpha value is -0.420. The highest BCUT2D eigenvalue weighted by Gasteiger charge is 2.47. The van der Waals surface area contributed by atoms with E-state index in [0.717, 1.165) is 6.42 Å². The molecule has 19 heavy (non-hydrogen) atoms. The van der Waals surface area contributed by atoms with Crippen LogP contribution in [0, 0.1) is 11.8 Å². The Bertz CT molecular complexity index is 269. The minimum atomic E-state index is -0.607. The number of aliphatic hydroxyl groups excluding tert-OH is 1. The maximum Gasteiger partial charge on any atom is 0.114 e. The summed E-state index contributed by atoms with van der Waals surface area (Å²) in [6.45, 7) is 11.1. The van der Waals surface area contributed by atoms with E-state index in [-0.39, 0.29) is 30.1 Å². The quantitative estimate of drug-likeness (QED) is 0.687. The highest BCUT2D eigenvalue weighted by molar-refractivity contribution is 4.97. The average molecular weight is 272 g/mol. The van der Waals surface area contributed by atoms with Crippen molar-refractivity contribution < 1.29 is 19.3 Å². The molecule has 0 aromatic heterocycles. The molecule has 0 bridgehead atoms. The number of hydrogen-bond acceptors (Lipinski definition) is 4. The fourth-order valence-electron chi connectivity index (χ4n) is 2.47. The Balaban J connectivity index is 2.72. The molecule has 1 aliphatic rings. The number of aliphatic hydroxyl groups is 1. The van der Waals surface area contributed by atoms with Gasteiger partial charge in [-0.2, -0.15) is 0 Å². The molecule has 4 heteroatoms. The topological polar surface area (TPSA) is 47.9 Å². The van der Waals surface area contributed by atoms with Gasteiger partial charge < -0.3 is 19.3 Å². The van der Waals surface area contributed by atoms with E-state index in [4.69, 9.17) is 14.2 Å². The molecule has 4 nitrogen and oxygen atoms in total. The molecule has 0 amide bonds. The zero-order valence-electron chi connectivity index (χ0n) is 12.5. The van der Waals surface area contributed by atoms with Crippen LogP contribution in [0.15, 0.2) is 12.7 Å². The molecule has 6 atom stereocenters. The van der Waals surface area contributed by atoms with Crippen LogP contribution in [0.2, 0.25) is 0 Å². The first-order valence-corrected chi connectivity index (χ1v) is 7.13. The first kappa shape index (κ1) is 16.6. The predicted octanol–water partition coefficient (Wildman–Crippen LogP) is 2.01. The van der Waals surface area contributed by atoms with E-state index in [1.54, 1.807) is 7.11 Å². The largest absolute Gasteiger partial charge is 0.388 e. The van der Waals surface area contributed by atoms with E-state index in [2.05, 4.69) is 20.4 Å². The fourth-order valence-corrected chi connectivity index (χ4v) is 2.47. The van der Waals surface area contributed by atoms with Crippen molar-refractivity contribution in [3.05, 3.63) is 12.7 Å². The molecule has 0 spiro atoms. The molecule has 0 saturated carbocycles. The summed E-state index contributed by atoms with van der Waals surface area (Å²) in [6.07, 6.45) is 1.48. The zero-order valence-corrected chi connectivity index (χ0v) is 12.5. The molecular weight excluding hydrogens is 244 g/mol. The van der Waals surface area contributed by atoms with Gasteiger partial charge in [0.25, 0.3) is 0 Å². The van der Waals surface area contributed by atoms with Crippen LogP contribution in [0.5, 0.6) is 0 Å². The van der Waals surface area contributed by atoms with Crippen molar-refractivity contribution in [2.75, 3.05) is 20.3 Å². The lowest BCUT2D eigenvalue weighted by Crippen LogP contribution is -2.39. The van der Waals surface area contributed by atoms with Gasteiger partial charge in [0.1, 0.15) is 18.3 Å². The standard InChI is InChI=1S/C15H28O4/c1-6-8-18-15-12(9-17-5)19-14(13(15)16)11(4)10(3)7-2/h7,10-16H,2,6,8-9H2,1,3-5H3/t10?,11?,12-,13?,14+,15?/m1/s1. The summed E-state index contributed by atoms with van der Waals surface area (Å²) in [5.41, 5.74) is 0. The van der Waals surface area contributed by atoms with E-state index >= 15 is 0 Å². The van der Waals surface area contributed by atoms with Crippen molar-refractivity contribution in [2.24, 2.45) is 11.8 Å². The first-order valence-electron chi connectivity index (χ1n) is 7.13. The molecule has 1 aliphatic heterocycles. The van der Waals surface area contributed by atoms with Gasteiger partial charge in [-0.05, 0) is 18.3 Å². The average Bonchev–Trinajstić information content (AvgIpc) is 2.72. The van der Waals surface area contributed by atoms with Crippen LogP contribution in [0.4, 0.5) is 0 Å². The Labute approximate surface area is 116 Å². The van der Waals surface area contributed by atoms with Crippen LogP contribution >= 0.6 is 0 Å². The summed E-state index contributed by atoms with van der Waals surface area (Å²) < 4.78 is 16.9. The van der Waals surface area contributed by atoms with Crippen molar-refractivity contribution in [2.45, 2.75) is 51.6 Å². The van der Waals surface area contributed by atoms with E-state index in [1.165, 1.54) is 0 Å². The Kier molecular flexibility index (Phi) is 7.00. The first-order chi connectivity index (χ1) is 9.06. The summed E-state index contributed by atoms with van der Waals surface area (Å²) in [7, 11) is 1.63. The molecule has 4 unspecified atom stereocenters. The van der Waals surface area contributed by atoms with Crippen LogP contribution in [0.1, 0.15) is 27.2 Å². The summed E-state index contributed by atoms with van der Waals surface area (Å²) >= 11 is 0. The number of methoxy groups -OCH3 is 1. The molecule has 0 aromatic carbocycles. The second-order valence-electron chi connectivity index (χ2n) is 5.37. The summed E-state index contributed by atoms with van der Waals surface area (Å²) in [4.78, 5) is 0. The highest BCUT2D eigenvalue weighted by atomic mass is 16.6. The Morgan fingerprint density at radius 2 is 2.11 bits per heavy atom. The monoisotopic (exact) mass is 272 g/mol. The van der Waals surface area contributed by atoms with Gasteiger partial charge in [-0.25, -0.2) is 0 Å². The third-order valence-corrected chi connectivity index (χ3v) is 3.94. The van der Waals surface area contributed by atoms with Crippen molar-refractivity contribution in [3.63, 3.8) is 0 Å². The third-order valence-electron chi connectivity index (χ3n) is 3.94. The SMILES string of the molecule is C=CC(C)C(C)[C@@H]1O[C@H](COC)C(OCCC)C1O. The van der Waals surface area contributed by atoms with Crippen LogP contribution in [0.25, 0.3) is 0 Å². The number of hydrogen-bond donors (Lipinski definition) is 1. The molecular formula is C15H28O4. The van der Waals surface area contributed by atoms with E-state index in [9.17, 15) is 5.11 Å². The third kappa shape index (κ3) is 4.02. The van der Waals surface area contributed by atoms with Crippen molar-refractivity contribution in [1.29, 1.82) is 0 Å². The maximum absolute atomic E-state index is 10.4. The Morgan fingerprint density at radius 1 is 1.42 bits per heavy atom. The molecule has 112 valence electrons. The van der Waals surface area contributed by atoms with E-state index in [1.807, 2.05) is 13.0 Å². The zero-order chi connectivity index (χ0) is 14.4. The molecule has 1 rings (SSSR count). The van der Waals surface area contributed by atoms with Gasteiger partial charge in [0, 0.05) is 13.7 Å². The number of ether oxygens (including phenoxy) is 3. The van der Waals surface area contributed by atoms with Gasteiger partial charge in [0.2, 0.25) is 0 Å². The van der Waals surface area contributed by atoms with Gasteiger partial charge in [0.05, 0.1) is 12.7 Å². The van der Waals surface area contributed by atoms with Gasteiger partial charge in [-0.3, -0.25) is 0 Å². The second kappa shape index (κ2) is 8.00. The summed E-state index contributed by atoms with van der Waals surface area (Å²) in [5.74, 6) is 0.481. The lowest BCUT2D eigenvalue weighted by Gasteiger charge is -2.26. The number of rotatable bonds is 8. The smallest absolute Gasteiger partial charge is 0.114 e. The van der Waals surface area contributed by atoms with Crippen molar-refractivity contribution in [3.8, 4) is 0 Å². The molecule has 0 aromatic rings. The van der Waals surface area contributed by atoms with Gasteiger partial charge >= 0.3 is 0 Å². The van der Waals surface area contributed by atoms with Gasteiger partial charge in [0.15, 0.2) is 0 Å². The second-order valence-corrected chi connectivity index (χ2v) is 5.37. The molecule has 1 fully saturated rings. The lowest BCUT2D eigenvalue weighted by atomic mass is 9.87. The number of allylic oxidation sites excluding steroid dienone is 1. The van der Waals surface area contributed by atoms with Crippen LogP contribution in [0.3, 0.4) is 0 Å². The lowest BCUT2D eigenvalue weighted by molar-refractivity contribution is -0.0659. The van der Waals surface area contributed by atoms with Gasteiger partial charge in [-0.1, -0.05) is 26.8 Å². The fraction of sp³-hybridized carbons (Fsp3) is 0.867. The molecule has 1 saturated heterocycles. The van der Waals surface area contributed by atoms with Crippen LogP contribution in [-0.2, 0) is 14.2 Å². The van der Waals surface area contributed by atoms with Gasteiger partial charge in [-0.15, -0.1) is 6.58 Å². The van der Waals surface area contributed by atoms with Crippen molar-refractivity contribution >= 4 is 0 Å². The van der Waals surface area contributed by atoms with Crippen LogP contribution in [-0.4, -0.2) is 49.8 Å². The van der Waals surface area contributed by atoms with E-state index < -0.39 is 6.10 Å². The minimum Gasteiger partial charge on any atom is -0.388 e. The van der Waals surface area contributed by atoms with Crippen LogP contribution < -0.4 is 0 Å². The molecule has 1 heterocycles. The van der Waals surface area contributed by atoms with E-state index in [0.29, 0.717) is 13.2 Å². The normalized spacial score (nSPS) is 34.2. The predicted molar refractivity (Wildman–Crippen MR) is 75.1 cm³/mol. The molecule has 0 aliphatic carbocycles. The Morgan fingerprint density at radius 3 is 2.63 bits per heavy atom. The minimum absolute atomic E-state index is 0.196. The summed E-state index contributed by atoms with van der Waals surface area (Å²) in [6, 6.07) is 0. The molecule has 1 N–H and O–H groups in total. The van der Waals surface area contributed by atoms with Crippen molar-refractivity contribution in [1.82, 2.24) is 0 Å². The molecule has 0 radical (unpaired) electrons. The summed E-state index contributed by atoms with van der Waals surface area (Å²) in [5, 5.41) is 10.4. The highest BCUT2D eigenvalue weighted by Crippen LogP contribution is 2.32.